The Balaban J connectivity index is 1.92. The van der Waals surface area contributed by atoms with Crippen LogP contribution in [0.1, 0.15) is 50.7 Å². The molecule has 0 amide bonds. The molecule has 0 heterocycles. The lowest BCUT2D eigenvalue weighted by Gasteiger charge is -2.41. The topological polar surface area (TPSA) is 20.2 Å². The van der Waals surface area contributed by atoms with Crippen molar-refractivity contribution < 1.29 is 9.50 Å². The molecule has 1 N–H and O–H groups in total. The van der Waals surface area contributed by atoms with E-state index in [2.05, 4.69) is 13.8 Å². The summed E-state index contributed by atoms with van der Waals surface area (Å²) >= 11 is 0. The molecule has 1 fully saturated rings. The van der Waals surface area contributed by atoms with Crippen LogP contribution >= 0.6 is 0 Å². The number of aliphatic hydroxyl groups is 1. The lowest BCUT2D eigenvalue weighted by Crippen LogP contribution is -2.37. The first-order valence-corrected chi connectivity index (χ1v) is 7.52. The number of halogens is 1. The second-order valence-corrected chi connectivity index (χ2v) is 6.65. The molecular formula is C17H23FO. The molecule has 0 saturated heterocycles. The van der Waals surface area contributed by atoms with Gasteiger partial charge in [0.1, 0.15) is 5.82 Å². The molecule has 1 aromatic rings. The summed E-state index contributed by atoms with van der Waals surface area (Å²) in [6, 6.07) is 5.17. The molecule has 2 heteroatoms. The Morgan fingerprint density at radius 1 is 1.21 bits per heavy atom. The minimum Gasteiger partial charge on any atom is -0.385 e. The fraction of sp³-hybridized carbons (Fsp3) is 0.647. The maximum Gasteiger partial charge on any atom is 0.126 e. The van der Waals surface area contributed by atoms with Crippen molar-refractivity contribution in [2.24, 2.45) is 17.8 Å². The molecule has 19 heavy (non-hydrogen) atoms. The van der Waals surface area contributed by atoms with Gasteiger partial charge in [0.15, 0.2) is 0 Å². The van der Waals surface area contributed by atoms with E-state index in [1.54, 1.807) is 6.07 Å². The highest BCUT2D eigenvalue weighted by molar-refractivity contribution is 5.39. The minimum absolute atomic E-state index is 0.148. The molecule has 0 aromatic heterocycles. The van der Waals surface area contributed by atoms with Crippen LogP contribution in [0, 0.1) is 23.6 Å². The number of hydrogen-bond acceptors (Lipinski definition) is 1. The maximum atomic E-state index is 13.8. The van der Waals surface area contributed by atoms with E-state index in [9.17, 15) is 9.50 Å². The van der Waals surface area contributed by atoms with Crippen molar-refractivity contribution in [1.29, 1.82) is 0 Å². The molecule has 0 bridgehead atoms. The molecule has 1 nitrogen and oxygen atoms in total. The van der Waals surface area contributed by atoms with Crippen LogP contribution in [0.15, 0.2) is 18.2 Å². The van der Waals surface area contributed by atoms with E-state index in [0.29, 0.717) is 24.7 Å². The molecule has 4 atom stereocenters. The third kappa shape index (κ3) is 2.01. The largest absolute Gasteiger partial charge is 0.385 e. The third-order valence-electron chi connectivity index (χ3n) is 5.61. The summed E-state index contributed by atoms with van der Waals surface area (Å²) in [5.74, 6) is 1.54. The number of benzene rings is 1. The molecule has 2 aliphatic carbocycles. The molecule has 4 unspecified atom stereocenters. The number of rotatable bonds is 1. The molecule has 104 valence electrons. The molecule has 0 spiro atoms. The van der Waals surface area contributed by atoms with E-state index >= 15 is 0 Å². The smallest absolute Gasteiger partial charge is 0.126 e. The van der Waals surface area contributed by atoms with Gasteiger partial charge in [-0.15, -0.1) is 0 Å². The van der Waals surface area contributed by atoms with Crippen LogP contribution in [0.5, 0.6) is 0 Å². The highest BCUT2D eigenvalue weighted by Crippen LogP contribution is 2.49. The zero-order valence-corrected chi connectivity index (χ0v) is 11.8. The van der Waals surface area contributed by atoms with Crippen LogP contribution < -0.4 is 0 Å². The summed E-state index contributed by atoms with van der Waals surface area (Å²) in [5.41, 5.74) is 0.821. The highest BCUT2D eigenvalue weighted by atomic mass is 19.1. The summed E-state index contributed by atoms with van der Waals surface area (Å²) in [4.78, 5) is 0. The maximum absolute atomic E-state index is 13.8. The first-order valence-electron chi connectivity index (χ1n) is 7.52. The average Bonchev–Trinajstić information content (AvgIpc) is 2.74. The summed E-state index contributed by atoms with van der Waals surface area (Å²) in [7, 11) is 0. The van der Waals surface area contributed by atoms with Gasteiger partial charge < -0.3 is 5.11 Å². The normalized spacial score (nSPS) is 38.2. The Bertz CT molecular complexity index is 484. The Kier molecular flexibility index (Phi) is 3.17. The van der Waals surface area contributed by atoms with Gasteiger partial charge in [-0.1, -0.05) is 32.4 Å². The fourth-order valence-electron chi connectivity index (χ4n) is 4.07. The Labute approximate surface area is 114 Å². The van der Waals surface area contributed by atoms with E-state index in [1.807, 2.05) is 6.07 Å². The first kappa shape index (κ1) is 13.1. The first-order chi connectivity index (χ1) is 9.02. The SMILES string of the molecule is CC1CCC(C2(O)CCc3c(F)cccc32)CC1C. The molecule has 1 aromatic carbocycles. The lowest BCUT2D eigenvalue weighted by molar-refractivity contribution is -0.0511. The van der Waals surface area contributed by atoms with Gasteiger partial charge in [0.25, 0.3) is 0 Å². The van der Waals surface area contributed by atoms with Crippen molar-refractivity contribution in [2.45, 2.75) is 51.6 Å². The Morgan fingerprint density at radius 2 is 2.00 bits per heavy atom. The highest BCUT2D eigenvalue weighted by Gasteiger charge is 2.46. The van der Waals surface area contributed by atoms with Crippen LogP contribution in [-0.4, -0.2) is 5.11 Å². The molecule has 2 aliphatic rings. The van der Waals surface area contributed by atoms with E-state index in [0.717, 1.165) is 29.9 Å². The van der Waals surface area contributed by atoms with E-state index in [-0.39, 0.29) is 5.82 Å². The summed E-state index contributed by atoms with van der Waals surface area (Å²) in [6.07, 6.45) is 4.68. The predicted octanol–water partition coefficient (Wildman–Crippen LogP) is 4.03. The molecule has 3 rings (SSSR count). The van der Waals surface area contributed by atoms with Crippen LogP contribution in [0.25, 0.3) is 0 Å². The zero-order chi connectivity index (χ0) is 13.6. The quantitative estimate of drug-likeness (QED) is 0.810. The van der Waals surface area contributed by atoms with Gasteiger partial charge in [-0.3, -0.25) is 0 Å². The van der Waals surface area contributed by atoms with Crippen LogP contribution in [0.3, 0.4) is 0 Å². The molecule has 1 saturated carbocycles. The molecule has 0 aliphatic heterocycles. The van der Waals surface area contributed by atoms with Gasteiger partial charge >= 0.3 is 0 Å². The summed E-state index contributed by atoms with van der Waals surface area (Å²) < 4.78 is 13.8. The minimum atomic E-state index is -0.786. The third-order valence-corrected chi connectivity index (χ3v) is 5.61. The Morgan fingerprint density at radius 3 is 2.74 bits per heavy atom. The van der Waals surface area contributed by atoms with Crippen LogP contribution in [0.2, 0.25) is 0 Å². The van der Waals surface area contributed by atoms with Crippen molar-refractivity contribution in [3.05, 3.63) is 35.1 Å². The van der Waals surface area contributed by atoms with E-state index < -0.39 is 5.60 Å². The number of fused-ring (bicyclic) bond motifs is 1. The van der Waals surface area contributed by atoms with Crippen molar-refractivity contribution >= 4 is 0 Å². The summed E-state index contributed by atoms with van der Waals surface area (Å²) in [6.45, 7) is 4.58. The standard InChI is InChI=1S/C17H23FO/c1-11-6-7-13(10-12(11)2)17(19)9-8-14-15(17)4-3-5-16(14)18/h3-5,11-13,19H,6-10H2,1-2H3. The van der Waals surface area contributed by atoms with Crippen molar-refractivity contribution in [3.63, 3.8) is 0 Å². The van der Waals surface area contributed by atoms with Crippen molar-refractivity contribution in [2.75, 3.05) is 0 Å². The van der Waals surface area contributed by atoms with Crippen LogP contribution in [0.4, 0.5) is 4.39 Å². The zero-order valence-electron chi connectivity index (χ0n) is 11.8. The molecule has 0 radical (unpaired) electrons. The van der Waals surface area contributed by atoms with Gasteiger partial charge in [-0.2, -0.15) is 0 Å². The van der Waals surface area contributed by atoms with Gasteiger partial charge in [0.05, 0.1) is 5.60 Å². The second kappa shape index (κ2) is 4.59. The predicted molar refractivity (Wildman–Crippen MR) is 74.3 cm³/mol. The summed E-state index contributed by atoms with van der Waals surface area (Å²) in [5, 5.41) is 11.1. The fourth-order valence-corrected chi connectivity index (χ4v) is 4.07. The molecular weight excluding hydrogens is 239 g/mol. The van der Waals surface area contributed by atoms with Gasteiger partial charge in [0.2, 0.25) is 0 Å². The number of hydrogen-bond donors (Lipinski definition) is 1. The van der Waals surface area contributed by atoms with Crippen molar-refractivity contribution in [3.8, 4) is 0 Å². The Hall–Kier alpha value is -0.890. The van der Waals surface area contributed by atoms with E-state index in [1.165, 1.54) is 12.5 Å². The van der Waals surface area contributed by atoms with Crippen molar-refractivity contribution in [1.82, 2.24) is 0 Å². The monoisotopic (exact) mass is 262 g/mol. The van der Waals surface area contributed by atoms with Gasteiger partial charge in [-0.25, -0.2) is 4.39 Å². The average molecular weight is 262 g/mol. The van der Waals surface area contributed by atoms with Gasteiger partial charge in [0, 0.05) is 0 Å². The van der Waals surface area contributed by atoms with Gasteiger partial charge in [-0.05, 0) is 60.6 Å². The van der Waals surface area contributed by atoms with E-state index in [4.69, 9.17) is 0 Å². The lowest BCUT2D eigenvalue weighted by atomic mass is 9.68. The van der Waals surface area contributed by atoms with Crippen LogP contribution in [-0.2, 0) is 12.0 Å². The second-order valence-electron chi connectivity index (χ2n) is 6.65.